The van der Waals surface area contributed by atoms with Crippen molar-refractivity contribution in [3.63, 3.8) is 0 Å². The zero-order chi connectivity index (χ0) is 31.6. The molecule has 0 saturated heterocycles. The summed E-state index contributed by atoms with van der Waals surface area (Å²) >= 11 is 0. The van der Waals surface area contributed by atoms with E-state index in [9.17, 15) is 29.7 Å². The Morgan fingerprint density at radius 2 is 0.762 bits per heavy atom. The first-order chi connectivity index (χ1) is 20.2. The molecule has 0 rings (SSSR count). The molecule has 0 aromatic rings. The van der Waals surface area contributed by atoms with Gasteiger partial charge < -0.3 is 15.3 Å². The Kier molecular flexibility index (Phi) is 24.4. The zero-order valence-corrected chi connectivity index (χ0v) is 27.7. The predicted octanol–water partition coefficient (Wildman–Crippen LogP) is 9.38. The quantitative estimate of drug-likeness (QED) is 0.0433. The molecular formula is C35H66NO6+. The molecule has 0 aromatic carbocycles. The highest BCUT2D eigenvalue weighted by atomic mass is 16.4. The van der Waals surface area contributed by atoms with Crippen LogP contribution >= 0.6 is 0 Å². The number of carboxylic acids is 3. The molecule has 0 aliphatic heterocycles. The number of carboxylic acid groups (broad SMARTS) is 3. The topological polar surface area (TPSA) is 112 Å². The van der Waals surface area contributed by atoms with Gasteiger partial charge >= 0.3 is 17.9 Å². The molecule has 3 unspecified atom stereocenters. The molecule has 0 aromatic heterocycles. The lowest BCUT2D eigenvalue weighted by Gasteiger charge is -2.49. The first-order valence-corrected chi connectivity index (χ1v) is 17.4. The van der Waals surface area contributed by atoms with Crippen LogP contribution in [0.2, 0.25) is 0 Å². The largest absolute Gasteiger partial charge is 0.477 e. The molecule has 7 heteroatoms. The van der Waals surface area contributed by atoms with E-state index in [2.05, 4.69) is 19.1 Å². The molecule has 0 amide bonds. The number of quaternary nitrogens is 1. The number of hydrogen-bond donors (Lipinski definition) is 3. The summed E-state index contributed by atoms with van der Waals surface area (Å²) in [4.78, 5) is 36.8. The smallest absolute Gasteiger partial charge is 0.362 e. The number of carbonyl (C=O) groups is 3. The molecule has 42 heavy (non-hydrogen) atoms. The van der Waals surface area contributed by atoms with E-state index in [1.54, 1.807) is 20.8 Å². The van der Waals surface area contributed by atoms with Crippen molar-refractivity contribution in [3.8, 4) is 0 Å². The summed E-state index contributed by atoms with van der Waals surface area (Å²) in [6, 6.07) is -3.18. The van der Waals surface area contributed by atoms with Gasteiger partial charge in [0.05, 0.1) is 6.54 Å². The monoisotopic (exact) mass is 596 g/mol. The molecule has 0 aliphatic rings. The summed E-state index contributed by atoms with van der Waals surface area (Å²) in [5.41, 5.74) is 0. The Labute approximate surface area is 257 Å². The van der Waals surface area contributed by atoms with Crippen molar-refractivity contribution < 1.29 is 34.2 Å². The molecule has 0 radical (unpaired) electrons. The van der Waals surface area contributed by atoms with Gasteiger partial charge in [0.25, 0.3) is 0 Å². The molecule has 246 valence electrons. The van der Waals surface area contributed by atoms with Crippen LogP contribution in [-0.2, 0) is 14.4 Å². The Balaban J connectivity index is 4.34. The minimum atomic E-state index is -1.11. The predicted molar refractivity (Wildman–Crippen MR) is 173 cm³/mol. The van der Waals surface area contributed by atoms with E-state index in [0.29, 0.717) is 6.42 Å². The summed E-state index contributed by atoms with van der Waals surface area (Å²) in [5.74, 6) is -3.34. The third-order valence-electron chi connectivity index (χ3n) is 9.06. The van der Waals surface area contributed by atoms with Crippen molar-refractivity contribution in [1.82, 2.24) is 0 Å². The highest BCUT2D eigenvalue weighted by Gasteiger charge is 2.55. The number of rotatable bonds is 30. The van der Waals surface area contributed by atoms with Crippen LogP contribution in [0, 0.1) is 0 Å². The van der Waals surface area contributed by atoms with Crippen LogP contribution in [0.1, 0.15) is 169 Å². The summed E-state index contributed by atoms with van der Waals surface area (Å²) in [6.45, 7) is 7.64. The van der Waals surface area contributed by atoms with Gasteiger partial charge in [-0.15, -0.1) is 0 Å². The first kappa shape index (κ1) is 40.1. The second-order valence-corrected chi connectivity index (χ2v) is 12.2. The van der Waals surface area contributed by atoms with E-state index >= 15 is 0 Å². The van der Waals surface area contributed by atoms with Crippen LogP contribution in [0.15, 0.2) is 12.2 Å². The number of allylic oxidation sites excluding steroid dienone is 2. The average molecular weight is 597 g/mol. The fourth-order valence-corrected chi connectivity index (χ4v) is 6.78. The fraction of sp³-hybridized carbons (Fsp3) is 0.857. The third-order valence-corrected chi connectivity index (χ3v) is 9.06. The van der Waals surface area contributed by atoms with E-state index in [1.807, 2.05) is 0 Å². The van der Waals surface area contributed by atoms with E-state index in [4.69, 9.17) is 0 Å². The van der Waals surface area contributed by atoms with Gasteiger partial charge in [-0.2, -0.15) is 0 Å². The van der Waals surface area contributed by atoms with Crippen molar-refractivity contribution in [3.05, 3.63) is 12.2 Å². The van der Waals surface area contributed by atoms with Crippen molar-refractivity contribution in [1.29, 1.82) is 0 Å². The zero-order valence-electron chi connectivity index (χ0n) is 27.7. The Hall–Kier alpha value is -1.89. The lowest BCUT2D eigenvalue weighted by Crippen LogP contribution is -2.72. The van der Waals surface area contributed by atoms with Gasteiger partial charge in [-0.3, -0.25) is 4.48 Å². The lowest BCUT2D eigenvalue weighted by molar-refractivity contribution is -0.973. The summed E-state index contributed by atoms with van der Waals surface area (Å²) < 4.78 is -0.403. The minimum absolute atomic E-state index is 0.194. The van der Waals surface area contributed by atoms with Gasteiger partial charge in [0.2, 0.25) is 0 Å². The van der Waals surface area contributed by atoms with Crippen molar-refractivity contribution in [2.75, 3.05) is 6.54 Å². The molecule has 3 N–H and O–H groups in total. The Morgan fingerprint density at radius 3 is 1.05 bits per heavy atom. The lowest BCUT2D eigenvalue weighted by atomic mass is 9.93. The van der Waals surface area contributed by atoms with Gasteiger partial charge in [-0.1, -0.05) is 130 Å². The average Bonchev–Trinajstić information content (AvgIpc) is 2.94. The molecule has 3 atom stereocenters. The van der Waals surface area contributed by atoms with Crippen molar-refractivity contribution in [2.24, 2.45) is 0 Å². The minimum Gasteiger partial charge on any atom is -0.477 e. The van der Waals surface area contributed by atoms with Gasteiger partial charge in [0.1, 0.15) is 0 Å². The highest BCUT2D eigenvalue weighted by Crippen LogP contribution is 2.32. The molecule has 0 aliphatic carbocycles. The van der Waals surface area contributed by atoms with Crippen molar-refractivity contribution in [2.45, 2.75) is 187 Å². The van der Waals surface area contributed by atoms with Crippen LogP contribution in [-0.4, -0.2) is 62.4 Å². The standard InChI is InChI=1S/C35H65NO6/c1-5-9-10-11-12-13-14-15-16-17-18-19-20-21-22-23-24-25-26-27-28-29-36(30(6-2)33(37)38,31(7-3)34(39)40)32(8-4)35(41)42/h11-12,30-32H,5-10,13-29H2,1-4H3,(H2-,37,38,39,40,41,42)/p+1/b12-11+. The molecule has 0 saturated carbocycles. The summed E-state index contributed by atoms with van der Waals surface area (Å²) in [6.07, 6.45) is 28.4. The van der Waals surface area contributed by atoms with Gasteiger partial charge in [-0.05, 0) is 32.1 Å². The molecule has 0 heterocycles. The Morgan fingerprint density at radius 1 is 0.476 bits per heavy atom. The summed E-state index contributed by atoms with van der Waals surface area (Å²) in [7, 11) is 0. The van der Waals surface area contributed by atoms with Crippen LogP contribution in [0.4, 0.5) is 0 Å². The fourth-order valence-electron chi connectivity index (χ4n) is 6.78. The first-order valence-electron chi connectivity index (χ1n) is 17.4. The van der Waals surface area contributed by atoms with Gasteiger partial charge in [0.15, 0.2) is 18.1 Å². The van der Waals surface area contributed by atoms with E-state index in [0.717, 1.165) is 19.3 Å². The maximum Gasteiger partial charge on any atom is 0.362 e. The molecule has 0 spiro atoms. The number of hydrogen-bond acceptors (Lipinski definition) is 3. The maximum atomic E-state index is 12.3. The van der Waals surface area contributed by atoms with E-state index < -0.39 is 40.5 Å². The van der Waals surface area contributed by atoms with Crippen LogP contribution in [0.25, 0.3) is 0 Å². The van der Waals surface area contributed by atoms with Gasteiger partial charge in [-0.25, -0.2) is 14.4 Å². The second-order valence-electron chi connectivity index (χ2n) is 12.2. The van der Waals surface area contributed by atoms with Crippen LogP contribution in [0.5, 0.6) is 0 Å². The number of aliphatic carboxylic acids is 3. The maximum absolute atomic E-state index is 12.3. The molecule has 0 fully saturated rings. The number of nitrogens with zero attached hydrogens (tertiary/aromatic N) is 1. The van der Waals surface area contributed by atoms with Crippen molar-refractivity contribution >= 4 is 17.9 Å². The van der Waals surface area contributed by atoms with Crippen LogP contribution in [0.3, 0.4) is 0 Å². The molecule has 0 bridgehead atoms. The molecule has 7 nitrogen and oxygen atoms in total. The van der Waals surface area contributed by atoms with Gasteiger partial charge in [0, 0.05) is 19.3 Å². The Bertz CT molecular complexity index is 682. The normalized spacial score (nSPS) is 15.3. The highest BCUT2D eigenvalue weighted by molar-refractivity contribution is 5.78. The molecular weight excluding hydrogens is 530 g/mol. The SMILES string of the molecule is CCCC/C=C/CCCCCCCCCCCCCCCCC[N+](C(CC)C(=O)O)(C(CC)C(=O)O)C(CC)C(=O)O. The van der Waals surface area contributed by atoms with E-state index in [-0.39, 0.29) is 25.8 Å². The summed E-state index contributed by atoms with van der Waals surface area (Å²) in [5, 5.41) is 30.1. The van der Waals surface area contributed by atoms with E-state index in [1.165, 1.54) is 96.3 Å². The third kappa shape index (κ3) is 15.5. The second kappa shape index (κ2) is 25.6. The number of unbranched alkanes of at least 4 members (excludes halogenated alkanes) is 17. The van der Waals surface area contributed by atoms with Crippen LogP contribution < -0.4 is 0 Å².